The van der Waals surface area contributed by atoms with Crippen LogP contribution in [0, 0.1) is 23.7 Å². The number of nitrogens with one attached hydrogen (secondary N) is 4. The van der Waals surface area contributed by atoms with E-state index in [1.807, 2.05) is 48.5 Å². The summed E-state index contributed by atoms with van der Waals surface area (Å²) in [5, 5.41) is 58.6. The molecule has 2 aliphatic heterocycles. The Morgan fingerprint density at radius 3 is 1.71 bits per heavy atom. The van der Waals surface area contributed by atoms with Crippen LogP contribution in [0.25, 0.3) is 0 Å². The summed E-state index contributed by atoms with van der Waals surface area (Å²) < 4.78 is 5.97. The number of piperidine rings is 1. The Morgan fingerprint density at radius 2 is 1.16 bits per heavy atom. The van der Waals surface area contributed by atoms with E-state index in [0.717, 1.165) is 16.2 Å². The first kappa shape index (κ1) is 88.5. The van der Waals surface area contributed by atoms with E-state index < -0.39 is 170 Å². The number of likely N-dealkylation sites (tertiary alicyclic amines) is 1. The van der Waals surface area contributed by atoms with Gasteiger partial charge in [-0.2, -0.15) is 0 Å². The number of aliphatic hydroxyl groups is 4. The molecule has 4 rings (SSSR count). The number of hydrogen-bond acceptors (Lipinski definition) is 17. The summed E-state index contributed by atoms with van der Waals surface area (Å²) in [5.74, 6) is -8.36. The lowest BCUT2D eigenvalue weighted by Gasteiger charge is -2.42. The van der Waals surface area contributed by atoms with Crippen molar-refractivity contribution in [2.75, 3.05) is 88.2 Å². The second-order valence-electron chi connectivity index (χ2n) is 29.9. The van der Waals surface area contributed by atoms with Crippen molar-refractivity contribution in [3.05, 3.63) is 70.7 Å². The summed E-state index contributed by atoms with van der Waals surface area (Å²) in [6.45, 7) is 18.4. The van der Waals surface area contributed by atoms with Crippen molar-refractivity contribution in [1.29, 1.82) is 0 Å². The lowest BCUT2D eigenvalue weighted by atomic mass is 9.96. The van der Waals surface area contributed by atoms with Crippen LogP contribution in [0.15, 0.2) is 54.6 Å². The summed E-state index contributed by atoms with van der Waals surface area (Å²) in [6, 6.07) is 3.68. The number of rotatable bonds is 21. The average molecular weight is 1470 g/mol. The number of likely N-dealkylation sites (N-methyl/N-ethyl adjacent to an activating group) is 6. The maximum absolute atomic E-state index is 15.5. The highest BCUT2D eigenvalue weighted by Crippen LogP contribution is 2.25. The van der Waals surface area contributed by atoms with E-state index in [-0.39, 0.29) is 69.4 Å². The van der Waals surface area contributed by atoms with Gasteiger partial charge in [-0.05, 0) is 119 Å². The first-order valence-electron chi connectivity index (χ1n) is 36.7. The Labute approximate surface area is 616 Å². The van der Waals surface area contributed by atoms with Gasteiger partial charge in [-0.3, -0.25) is 58.2 Å². The first-order valence-corrected chi connectivity index (χ1v) is 37.1. The molecule has 13 atom stereocenters. The van der Waals surface area contributed by atoms with Crippen molar-refractivity contribution in [3.8, 4) is 0 Å². The number of hydrogen-bond donors (Lipinski definition) is 8. The van der Waals surface area contributed by atoms with Crippen LogP contribution in [0.4, 0.5) is 0 Å². The summed E-state index contributed by atoms with van der Waals surface area (Å²) in [4.78, 5) is 161. The van der Waals surface area contributed by atoms with Crippen LogP contribution in [0.3, 0.4) is 0 Å². The maximum Gasteiger partial charge on any atom is 0.247 e. The van der Waals surface area contributed by atoms with Crippen LogP contribution in [0.1, 0.15) is 151 Å². The van der Waals surface area contributed by atoms with Gasteiger partial charge in [0.1, 0.15) is 54.7 Å². The number of unbranched alkanes of at least 4 members (excludes halogenated alkanes) is 1. The number of amides is 10. The molecule has 8 N–H and O–H groups in total. The molecular formula is C75H123ClN12O15. The zero-order valence-corrected chi connectivity index (χ0v) is 64.9. The Morgan fingerprint density at radius 1 is 0.612 bits per heavy atom. The Kier molecular flexibility index (Phi) is 36.9. The molecular weight excluding hydrogens is 1340 g/mol. The fourth-order valence-corrected chi connectivity index (χ4v) is 13.2. The molecule has 0 bridgehead atoms. The van der Waals surface area contributed by atoms with E-state index >= 15 is 33.6 Å². The molecule has 580 valence electrons. The lowest BCUT2D eigenvalue weighted by molar-refractivity contribution is -0.151. The fourth-order valence-electron chi connectivity index (χ4n) is 13.0. The highest BCUT2D eigenvalue weighted by Gasteiger charge is 2.44. The number of carbonyl (C=O) groups excluding carboxylic acids is 10. The van der Waals surface area contributed by atoms with Gasteiger partial charge < -0.3 is 75.4 Å². The third kappa shape index (κ3) is 27.2. The maximum atomic E-state index is 15.5. The average Bonchev–Trinajstić information content (AvgIpc) is 0.823. The van der Waals surface area contributed by atoms with Gasteiger partial charge in [0, 0.05) is 79.3 Å². The number of benzene rings is 2. The molecule has 27 nitrogen and oxygen atoms in total. The van der Waals surface area contributed by atoms with E-state index in [4.69, 9.17) is 16.3 Å². The van der Waals surface area contributed by atoms with Gasteiger partial charge in [-0.15, -0.1) is 0 Å². The van der Waals surface area contributed by atoms with Crippen molar-refractivity contribution in [2.24, 2.45) is 23.7 Å². The number of carbonyl (C=O) groups is 10. The minimum absolute atomic E-state index is 0.00364. The van der Waals surface area contributed by atoms with Gasteiger partial charge in [0.2, 0.25) is 59.1 Å². The topological polar surface area (TPSA) is 335 Å². The van der Waals surface area contributed by atoms with Gasteiger partial charge in [-0.1, -0.05) is 123 Å². The summed E-state index contributed by atoms with van der Waals surface area (Å²) in [5.41, 5.74) is 1.21. The molecule has 2 unspecified atom stereocenters. The van der Waals surface area contributed by atoms with Crippen LogP contribution >= 0.6 is 11.6 Å². The van der Waals surface area contributed by atoms with Gasteiger partial charge in [0.25, 0.3) is 0 Å². The van der Waals surface area contributed by atoms with E-state index in [1.54, 1.807) is 87.3 Å². The Balaban J connectivity index is 2.00. The van der Waals surface area contributed by atoms with Crippen LogP contribution < -0.4 is 21.3 Å². The second-order valence-corrected chi connectivity index (χ2v) is 30.4. The predicted octanol–water partition coefficient (Wildman–Crippen LogP) is 3.25. The van der Waals surface area contributed by atoms with Gasteiger partial charge in [0.15, 0.2) is 0 Å². The van der Waals surface area contributed by atoms with Gasteiger partial charge in [-0.25, -0.2) is 0 Å². The smallest absolute Gasteiger partial charge is 0.247 e. The molecule has 2 aromatic carbocycles. The molecule has 0 spiro atoms. The highest BCUT2D eigenvalue weighted by atomic mass is 35.5. The Bertz CT molecular complexity index is 3070. The van der Waals surface area contributed by atoms with Crippen molar-refractivity contribution in [3.63, 3.8) is 0 Å². The molecule has 2 heterocycles. The quantitative estimate of drug-likeness (QED) is 0.0832. The number of halogens is 1. The SMILES string of the molecule is CCCCN1CC(=O)N(C)[C@@H](Cc2cccc(Cl)c2)C(=O)N(C)[C@@H](CC(C)C)C(=O)N[C@@H](COCC[C@@H](C)O)C(=O)N(C)[C@@H](CC(C)C)C(=O)N[C@H](C(=O)N2CCCCC2)CC(=O)N(C)CC(=O)N(C)[C@@H](Cc2ccccc2)C(=O)N[C@@H](C(C)C)C(O)N(C)[C@@H](CC(C)C)C(O)N[C@@H]([C@@H](C)O)C1=O. The normalized spacial score (nSPS) is 25.9. The van der Waals surface area contributed by atoms with Crippen LogP contribution in [0.5, 0.6) is 0 Å². The van der Waals surface area contributed by atoms with Crippen molar-refractivity contribution in [2.45, 2.75) is 232 Å². The summed E-state index contributed by atoms with van der Waals surface area (Å²) >= 11 is 6.52. The molecule has 0 aliphatic carbocycles. The second kappa shape index (κ2) is 42.9. The molecule has 2 aromatic rings. The van der Waals surface area contributed by atoms with Crippen molar-refractivity contribution < 1.29 is 73.1 Å². The van der Waals surface area contributed by atoms with E-state index in [2.05, 4.69) is 21.3 Å². The number of aliphatic hydroxyl groups excluding tert-OH is 4. The zero-order chi connectivity index (χ0) is 77.3. The predicted molar refractivity (Wildman–Crippen MR) is 394 cm³/mol. The van der Waals surface area contributed by atoms with E-state index in [9.17, 15) is 34.8 Å². The molecule has 2 aliphatic rings. The van der Waals surface area contributed by atoms with E-state index in [1.165, 1.54) is 66.7 Å². The van der Waals surface area contributed by atoms with Gasteiger partial charge >= 0.3 is 0 Å². The number of nitrogens with zero attached hydrogens (tertiary/aromatic N) is 8. The molecule has 28 heteroatoms. The van der Waals surface area contributed by atoms with Crippen LogP contribution in [-0.2, 0) is 65.5 Å². The third-order valence-electron chi connectivity index (χ3n) is 19.4. The monoisotopic (exact) mass is 1470 g/mol. The molecule has 0 radical (unpaired) electrons. The molecule has 103 heavy (non-hydrogen) atoms. The zero-order valence-electron chi connectivity index (χ0n) is 64.2. The molecule has 10 amide bonds. The highest BCUT2D eigenvalue weighted by molar-refractivity contribution is 6.30. The number of ether oxygens (including phenoxy) is 1. The van der Waals surface area contributed by atoms with Crippen LogP contribution in [-0.4, -0.2) is 286 Å². The van der Waals surface area contributed by atoms with Crippen molar-refractivity contribution in [1.82, 2.24) is 60.5 Å². The van der Waals surface area contributed by atoms with Gasteiger partial charge in [0.05, 0.1) is 50.4 Å². The standard InChI is InChI=1S/C75H123ClN12O15/c1-18-19-32-88-44-64(93)83(14)61(41-53-29-26-30-54(76)39-53)73(100)85(16)58(37-47(4)5)68(95)78-56(45-103-35-31-50(10)89)71(98)84(15)57(36-46(2)3)67(94)77-55(72(99)87-33-24-21-25-34-87)42-62(91)81(12)43-63(92)82(13)60(40-52-27-22-20-23-28-52)70(97)79-65(49(8)9)74(101)86(17)59(38-48(6)7)69(96)80-66(51(11)90)75(88)102/h20,22-23,26-30,39,46-51,55-61,65-66,69,74,80,89-90,96,101H,18-19,21,24-25,31-38,40-45H2,1-17H3,(H,77,94)(H,78,95)(H,79,97)/t50-,51-,55+,56+,57+,58+,59+,60+,61+,65+,66+,69?,74?/m1/s1. The molecule has 2 fully saturated rings. The minimum Gasteiger partial charge on any atom is -0.393 e. The van der Waals surface area contributed by atoms with E-state index in [0.29, 0.717) is 54.9 Å². The molecule has 0 aromatic heterocycles. The first-order chi connectivity index (χ1) is 48.4. The van der Waals surface area contributed by atoms with Crippen molar-refractivity contribution >= 4 is 70.7 Å². The molecule has 2 saturated heterocycles. The summed E-state index contributed by atoms with van der Waals surface area (Å²) in [6.07, 6.45) is -2.66. The third-order valence-corrected chi connectivity index (χ3v) is 19.7. The fraction of sp³-hybridized carbons (Fsp3) is 0.707. The largest absolute Gasteiger partial charge is 0.393 e. The Hall–Kier alpha value is -6.85. The van der Waals surface area contributed by atoms with Crippen LogP contribution in [0.2, 0.25) is 5.02 Å². The minimum atomic E-state index is -1.66. The summed E-state index contributed by atoms with van der Waals surface area (Å²) in [7, 11) is 8.51. The molecule has 0 saturated carbocycles. The lowest BCUT2D eigenvalue weighted by Crippen LogP contribution is -2.64.